The summed E-state index contributed by atoms with van der Waals surface area (Å²) in [6, 6.07) is 0. The van der Waals surface area contributed by atoms with Gasteiger partial charge in [0.15, 0.2) is 0 Å². The molecule has 37 heavy (non-hydrogen) atoms. The first-order valence-electron chi connectivity index (χ1n) is 15.4. The van der Waals surface area contributed by atoms with E-state index in [2.05, 4.69) is 27.7 Å². The molecule has 8 atom stereocenters. The molecule has 6 nitrogen and oxygen atoms in total. The van der Waals surface area contributed by atoms with Gasteiger partial charge in [-0.25, -0.2) is 4.79 Å². The van der Waals surface area contributed by atoms with Gasteiger partial charge in [-0.3, -0.25) is 14.4 Å². The van der Waals surface area contributed by atoms with Gasteiger partial charge in [-0.2, -0.15) is 0 Å². The molecule has 1 heterocycles. The number of carbonyl (C=O) groups excluding carboxylic acids is 3. The zero-order valence-electron chi connectivity index (χ0n) is 23.6. The second kappa shape index (κ2) is 10.5. The van der Waals surface area contributed by atoms with Crippen LogP contribution in [0.2, 0.25) is 0 Å². The van der Waals surface area contributed by atoms with Crippen LogP contribution in [0.3, 0.4) is 0 Å². The maximum absolute atomic E-state index is 12.4. The molecule has 0 spiro atoms. The molecule has 208 valence electrons. The van der Waals surface area contributed by atoms with Crippen LogP contribution >= 0.6 is 0 Å². The van der Waals surface area contributed by atoms with Crippen LogP contribution in [0.5, 0.6) is 0 Å². The number of hydroxylamine groups is 2. The maximum Gasteiger partial charge on any atom is 0.534 e. The Balaban J connectivity index is 1.17. The average Bonchev–Trinajstić information content (AvgIpc) is 3.35. The lowest BCUT2D eigenvalue weighted by Gasteiger charge is -2.61. The molecule has 0 radical (unpaired) electrons. The van der Waals surface area contributed by atoms with Crippen LogP contribution in [0.15, 0.2) is 0 Å². The van der Waals surface area contributed by atoms with Crippen molar-refractivity contribution in [3.05, 3.63) is 0 Å². The fourth-order valence-corrected chi connectivity index (χ4v) is 9.74. The van der Waals surface area contributed by atoms with E-state index in [0.29, 0.717) is 21.8 Å². The van der Waals surface area contributed by atoms with E-state index in [1.54, 1.807) is 0 Å². The molecule has 1 aliphatic heterocycles. The SMILES string of the molecule is CC(C)CCCCC1CCC2C3CCC4CC(OC(=O)ON5C(=O)CCC5=O)CCC4(C)C3CCC12C. The summed E-state index contributed by atoms with van der Waals surface area (Å²) in [6.45, 7) is 9.87. The number of fused-ring (bicyclic) bond motifs is 5. The molecule has 0 aromatic rings. The number of rotatable bonds is 7. The molecule has 4 aliphatic carbocycles. The summed E-state index contributed by atoms with van der Waals surface area (Å²) in [5, 5.41) is 0.582. The molecule has 5 rings (SSSR count). The number of unbranched alkanes of at least 4 members (excludes halogenated alkanes) is 1. The Labute approximate surface area is 223 Å². The summed E-state index contributed by atoms with van der Waals surface area (Å²) in [5.74, 6) is 3.90. The van der Waals surface area contributed by atoms with Crippen molar-refractivity contribution in [2.24, 2.45) is 46.3 Å². The molecule has 5 aliphatic rings. The molecular formula is C31H49NO5. The molecule has 0 aromatic carbocycles. The van der Waals surface area contributed by atoms with E-state index >= 15 is 0 Å². The molecule has 0 N–H and O–H groups in total. The summed E-state index contributed by atoms with van der Waals surface area (Å²) in [5.41, 5.74) is 0.862. The van der Waals surface area contributed by atoms with E-state index in [4.69, 9.17) is 9.57 Å². The summed E-state index contributed by atoms with van der Waals surface area (Å²) in [7, 11) is 0. The van der Waals surface area contributed by atoms with Gasteiger partial charge >= 0.3 is 6.16 Å². The van der Waals surface area contributed by atoms with E-state index < -0.39 is 18.0 Å². The first kappa shape index (κ1) is 27.0. The monoisotopic (exact) mass is 515 g/mol. The van der Waals surface area contributed by atoms with Crippen molar-refractivity contribution >= 4 is 18.0 Å². The van der Waals surface area contributed by atoms with Gasteiger partial charge in [0.2, 0.25) is 0 Å². The number of hydrogen-bond acceptors (Lipinski definition) is 5. The highest BCUT2D eigenvalue weighted by molar-refractivity contribution is 6.01. The number of nitrogens with zero attached hydrogens (tertiary/aromatic N) is 1. The minimum Gasteiger partial charge on any atom is -0.429 e. The van der Waals surface area contributed by atoms with Crippen LogP contribution < -0.4 is 0 Å². The topological polar surface area (TPSA) is 72.9 Å². The number of imide groups is 1. The lowest BCUT2D eigenvalue weighted by atomic mass is 9.44. The molecule has 0 bridgehead atoms. The maximum atomic E-state index is 12.4. The van der Waals surface area contributed by atoms with Crippen molar-refractivity contribution in [2.75, 3.05) is 0 Å². The lowest BCUT2D eigenvalue weighted by Crippen LogP contribution is -2.54. The van der Waals surface area contributed by atoms with E-state index in [0.717, 1.165) is 48.9 Å². The van der Waals surface area contributed by atoms with Crippen LogP contribution in [0, 0.1) is 46.3 Å². The predicted octanol–water partition coefficient (Wildman–Crippen LogP) is 7.45. The fraction of sp³-hybridized carbons (Fsp3) is 0.903. The number of hydrogen-bond donors (Lipinski definition) is 0. The van der Waals surface area contributed by atoms with E-state index in [-0.39, 0.29) is 18.9 Å². The Morgan fingerprint density at radius 2 is 1.62 bits per heavy atom. The average molecular weight is 516 g/mol. The van der Waals surface area contributed by atoms with Crippen molar-refractivity contribution < 1.29 is 24.0 Å². The van der Waals surface area contributed by atoms with Crippen LogP contribution in [-0.2, 0) is 19.2 Å². The highest BCUT2D eigenvalue weighted by atomic mass is 16.8. The van der Waals surface area contributed by atoms with Crippen molar-refractivity contribution in [3.8, 4) is 0 Å². The Kier molecular flexibility index (Phi) is 7.68. The molecule has 5 fully saturated rings. The van der Waals surface area contributed by atoms with E-state index in [9.17, 15) is 14.4 Å². The third kappa shape index (κ3) is 5.07. The minimum atomic E-state index is -0.912. The Bertz CT molecular complexity index is 871. The van der Waals surface area contributed by atoms with E-state index in [1.807, 2.05) is 0 Å². The molecule has 1 saturated heterocycles. The highest BCUT2D eigenvalue weighted by Gasteiger charge is 2.60. The lowest BCUT2D eigenvalue weighted by molar-refractivity contribution is -0.181. The first-order valence-corrected chi connectivity index (χ1v) is 15.4. The first-order chi connectivity index (χ1) is 17.6. The smallest absolute Gasteiger partial charge is 0.429 e. The Morgan fingerprint density at radius 3 is 2.35 bits per heavy atom. The predicted molar refractivity (Wildman–Crippen MR) is 141 cm³/mol. The van der Waals surface area contributed by atoms with Crippen LogP contribution in [0.4, 0.5) is 4.79 Å². The number of ether oxygens (including phenoxy) is 1. The zero-order chi connectivity index (χ0) is 26.4. The zero-order valence-corrected chi connectivity index (χ0v) is 23.6. The van der Waals surface area contributed by atoms with Gasteiger partial charge in [-0.15, -0.1) is 0 Å². The standard InChI is InChI=1S/C31H49NO5/c1-20(2)7-5-6-8-21-10-12-25-24-11-9-22-19-23(36-29(35)37-32-27(33)13-14-28(32)34)15-17-31(22,4)26(24)16-18-30(21,25)3/h20-26H,5-19H2,1-4H3. The summed E-state index contributed by atoms with van der Waals surface area (Å²) in [6.07, 6.45) is 15.6. The van der Waals surface area contributed by atoms with Crippen LogP contribution in [0.25, 0.3) is 0 Å². The summed E-state index contributed by atoms with van der Waals surface area (Å²) < 4.78 is 5.63. The van der Waals surface area contributed by atoms with Crippen molar-refractivity contribution in [3.63, 3.8) is 0 Å². The van der Waals surface area contributed by atoms with Gasteiger partial charge in [-0.1, -0.05) is 52.0 Å². The summed E-state index contributed by atoms with van der Waals surface area (Å²) in [4.78, 5) is 40.8. The Morgan fingerprint density at radius 1 is 0.919 bits per heavy atom. The number of amides is 2. The molecule has 0 aromatic heterocycles. The van der Waals surface area contributed by atoms with Gasteiger partial charge in [-0.05, 0) is 111 Å². The summed E-state index contributed by atoms with van der Waals surface area (Å²) >= 11 is 0. The van der Waals surface area contributed by atoms with Crippen molar-refractivity contribution in [1.82, 2.24) is 5.06 Å². The minimum absolute atomic E-state index is 0.0947. The van der Waals surface area contributed by atoms with Gasteiger partial charge in [0.1, 0.15) is 6.10 Å². The fourth-order valence-electron chi connectivity index (χ4n) is 9.74. The van der Waals surface area contributed by atoms with Gasteiger partial charge in [0.05, 0.1) is 0 Å². The van der Waals surface area contributed by atoms with Crippen molar-refractivity contribution in [2.45, 2.75) is 130 Å². The third-order valence-corrected chi connectivity index (χ3v) is 11.8. The van der Waals surface area contributed by atoms with Gasteiger partial charge in [0, 0.05) is 12.8 Å². The van der Waals surface area contributed by atoms with Crippen LogP contribution in [-0.4, -0.2) is 29.1 Å². The highest BCUT2D eigenvalue weighted by Crippen LogP contribution is 2.68. The Hall–Kier alpha value is -1.59. The normalized spacial score (nSPS) is 41.4. The second-order valence-electron chi connectivity index (χ2n) is 14.1. The number of carbonyl (C=O) groups is 3. The van der Waals surface area contributed by atoms with Gasteiger partial charge < -0.3 is 4.74 Å². The third-order valence-electron chi connectivity index (χ3n) is 11.8. The van der Waals surface area contributed by atoms with E-state index in [1.165, 1.54) is 64.2 Å². The largest absolute Gasteiger partial charge is 0.534 e. The van der Waals surface area contributed by atoms with Gasteiger partial charge in [0.25, 0.3) is 11.8 Å². The van der Waals surface area contributed by atoms with Crippen molar-refractivity contribution in [1.29, 1.82) is 0 Å². The molecular weight excluding hydrogens is 466 g/mol. The molecule has 2 amide bonds. The molecule has 6 heteroatoms. The van der Waals surface area contributed by atoms with Crippen LogP contribution in [0.1, 0.15) is 124 Å². The molecule has 8 unspecified atom stereocenters. The molecule has 4 saturated carbocycles. The second-order valence-corrected chi connectivity index (χ2v) is 14.1. The quantitative estimate of drug-likeness (QED) is 0.200.